The van der Waals surface area contributed by atoms with E-state index in [-0.39, 0.29) is 11.8 Å². The Hall–Kier alpha value is -1.87. The largest absolute Gasteiger partial charge is 0.494 e. The molecule has 0 aliphatic heterocycles. The van der Waals surface area contributed by atoms with E-state index >= 15 is 0 Å². The molecule has 1 aromatic carbocycles. The van der Waals surface area contributed by atoms with Gasteiger partial charge in [-0.2, -0.15) is 0 Å². The minimum Gasteiger partial charge on any atom is -0.494 e. The van der Waals surface area contributed by atoms with Crippen molar-refractivity contribution >= 4 is 11.6 Å². The molecule has 1 aliphatic carbocycles. The van der Waals surface area contributed by atoms with Gasteiger partial charge in [0.05, 0.1) is 5.69 Å². The van der Waals surface area contributed by atoms with Gasteiger partial charge in [0.2, 0.25) is 11.8 Å². The molecule has 110 valence electrons. The number of rotatable bonds is 1. The van der Waals surface area contributed by atoms with Gasteiger partial charge in [-0.15, -0.1) is 0 Å². The number of benzene rings is 1. The number of hydrogen-bond donors (Lipinski definition) is 2. The van der Waals surface area contributed by atoms with Crippen molar-refractivity contribution in [2.75, 3.05) is 0 Å². The highest BCUT2D eigenvalue weighted by Crippen LogP contribution is 2.42. The van der Waals surface area contributed by atoms with Crippen molar-refractivity contribution in [2.24, 2.45) is 0 Å². The number of nitrogens with zero attached hydrogens (tertiary/aromatic N) is 1. The molecular formula is C17H18ClNO2. The summed E-state index contributed by atoms with van der Waals surface area (Å²) < 4.78 is 1.52. The van der Waals surface area contributed by atoms with Gasteiger partial charge in [-0.25, -0.2) is 0 Å². The topological polar surface area (TPSA) is 45.4 Å². The van der Waals surface area contributed by atoms with Gasteiger partial charge in [-0.05, 0) is 57.4 Å². The first-order valence-electron chi connectivity index (χ1n) is 6.96. The van der Waals surface area contributed by atoms with Crippen molar-refractivity contribution in [2.45, 2.75) is 33.6 Å². The normalized spacial score (nSPS) is 14.5. The second kappa shape index (κ2) is 4.85. The van der Waals surface area contributed by atoms with Crippen LogP contribution in [0, 0.1) is 6.92 Å². The third-order valence-electron chi connectivity index (χ3n) is 4.34. The highest BCUT2D eigenvalue weighted by Gasteiger charge is 2.27. The van der Waals surface area contributed by atoms with Crippen molar-refractivity contribution in [3.05, 3.63) is 51.1 Å². The molecule has 1 aliphatic rings. The second-order valence-electron chi connectivity index (χ2n) is 5.78. The molecule has 1 aromatic heterocycles. The van der Waals surface area contributed by atoms with Crippen molar-refractivity contribution in [3.8, 4) is 17.4 Å². The van der Waals surface area contributed by atoms with Crippen LogP contribution in [-0.2, 0) is 12.8 Å². The zero-order valence-corrected chi connectivity index (χ0v) is 13.1. The Morgan fingerprint density at radius 1 is 0.952 bits per heavy atom. The van der Waals surface area contributed by atoms with Crippen molar-refractivity contribution in [1.29, 1.82) is 0 Å². The van der Waals surface area contributed by atoms with Crippen LogP contribution in [-0.4, -0.2) is 14.8 Å². The van der Waals surface area contributed by atoms with E-state index in [1.807, 2.05) is 19.1 Å². The molecule has 0 unspecified atom stereocenters. The van der Waals surface area contributed by atoms with Gasteiger partial charge >= 0.3 is 0 Å². The van der Waals surface area contributed by atoms with E-state index in [1.165, 1.54) is 15.7 Å². The van der Waals surface area contributed by atoms with Crippen LogP contribution in [0.25, 0.3) is 5.69 Å². The van der Waals surface area contributed by atoms with E-state index in [1.54, 1.807) is 6.07 Å². The highest BCUT2D eigenvalue weighted by molar-refractivity contribution is 6.30. The van der Waals surface area contributed by atoms with Gasteiger partial charge in [0.15, 0.2) is 0 Å². The zero-order chi connectivity index (χ0) is 15.3. The molecule has 0 saturated heterocycles. The minimum absolute atomic E-state index is 0.125. The molecular weight excluding hydrogens is 286 g/mol. The number of allylic oxidation sites excluding steroid dienone is 2. The molecule has 2 aromatic rings. The maximum absolute atomic E-state index is 10.6. The van der Waals surface area contributed by atoms with E-state index in [0.717, 1.165) is 22.4 Å². The SMILES string of the molecule is CC1=C(C)Cc2c(c(O)n(-c3ccc(Cl)cc3C)c2O)C1. The van der Waals surface area contributed by atoms with Crippen LogP contribution in [0.1, 0.15) is 30.5 Å². The lowest BCUT2D eigenvalue weighted by Crippen LogP contribution is -2.03. The number of halogens is 1. The first kappa shape index (κ1) is 14.1. The maximum atomic E-state index is 10.6. The third-order valence-corrected chi connectivity index (χ3v) is 4.57. The van der Waals surface area contributed by atoms with Gasteiger partial charge in [-0.1, -0.05) is 22.7 Å². The Kier molecular flexibility index (Phi) is 3.25. The van der Waals surface area contributed by atoms with Gasteiger partial charge in [-0.3, -0.25) is 4.57 Å². The molecule has 2 N–H and O–H groups in total. The van der Waals surface area contributed by atoms with Gasteiger partial charge in [0, 0.05) is 16.1 Å². The lowest BCUT2D eigenvalue weighted by Gasteiger charge is -2.15. The molecule has 1 heterocycles. The molecule has 0 bridgehead atoms. The van der Waals surface area contributed by atoms with Gasteiger partial charge in [0.25, 0.3) is 0 Å². The summed E-state index contributed by atoms with van der Waals surface area (Å²) in [6, 6.07) is 5.40. The summed E-state index contributed by atoms with van der Waals surface area (Å²) in [4.78, 5) is 0. The summed E-state index contributed by atoms with van der Waals surface area (Å²) >= 11 is 5.98. The number of fused-ring (bicyclic) bond motifs is 1. The predicted octanol–water partition coefficient (Wildman–Crippen LogP) is 4.29. The Morgan fingerprint density at radius 2 is 1.48 bits per heavy atom. The first-order chi connectivity index (χ1) is 9.90. The second-order valence-corrected chi connectivity index (χ2v) is 6.22. The standard InChI is InChI=1S/C17H18ClNO2/c1-9-7-13-14(8-10(9)2)17(21)19(16(13)20)15-5-4-12(18)6-11(15)3/h4-6,20-21H,7-8H2,1-3H3. The minimum atomic E-state index is 0.125. The van der Waals surface area contributed by atoms with Crippen molar-refractivity contribution in [1.82, 2.24) is 4.57 Å². The van der Waals surface area contributed by atoms with Crippen LogP contribution < -0.4 is 0 Å². The number of aromatic hydroxyl groups is 2. The van der Waals surface area contributed by atoms with Crippen molar-refractivity contribution < 1.29 is 10.2 Å². The molecule has 4 heteroatoms. The number of hydrogen-bond acceptors (Lipinski definition) is 2. The quantitative estimate of drug-likeness (QED) is 0.772. The summed E-state index contributed by atoms with van der Waals surface area (Å²) in [6.45, 7) is 6.05. The Bertz CT molecular complexity index is 734. The molecule has 0 amide bonds. The van der Waals surface area contributed by atoms with E-state index in [9.17, 15) is 10.2 Å². The van der Waals surface area contributed by atoms with E-state index in [4.69, 9.17) is 11.6 Å². The fourth-order valence-corrected chi connectivity index (χ4v) is 3.17. The molecule has 21 heavy (non-hydrogen) atoms. The maximum Gasteiger partial charge on any atom is 0.202 e. The summed E-state index contributed by atoms with van der Waals surface area (Å²) in [7, 11) is 0. The highest BCUT2D eigenvalue weighted by atomic mass is 35.5. The van der Waals surface area contributed by atoms with Crippen LogP contribution >= 0.6 is 11.6 Å². The fourth-order valence-electron chi connectivity index (χ4n) is 2.94. The lowest BCUT2D eigenvalue weighted by molar-refractivity contribution is 0.399. The summed E-state index contributed by atoms with van der Waals surface area (Å²) in [6.07, 6.45) is 1.36. The van der Waals surface area contributed by atoms with Crippen LogP contribution in [0.2, 0.25) is 5.02 Å². The van der Waals surface area contributed by atoms with Crippen LogP contribution in [0.5, 0.6) is 11.8 Å². The first-order valence-corrected chi connectivity index (χ1v) is 7.34. The Labute approximate surface area is 129 Å². The lowest BCUT2D eigenvalue weighted by atomic mass is 9.90. The van der Waals surface area contributed by atoms with Crippen LogP contribution in [0.15, 0.2) is 29.3 Å². The van der Waals surface area contributed by atoms with Crippen LogP contribution in [0.3, 0.4) is 0 Å². The molecule has 3 nitrogen and oxygen atoms in total. The summed E-state index contributed by atoms with van der Waals surface area (Å²) in [5.41, 5.74) is 5.81. The molecule has 0 fully saturated rings. The monoisotopic (exact) mass is 303 g/mol. The molecule has 0 saturated carbocycles. The van der Waals surface area contributed by atoms with Crippen LogP contribution in [0.4, 0.5) is 0 Å². The smallest absolute Gasteiger partial charge is 0.202 e. The molecule has 3 rings (SSSR count). The average Bonchev–Trinajstić information content (AvgIpc) is 2.64. The summed E-state index contributed by atoms with van der Waals surface area (Å²) in [5.74, 6) is 0.250. The molecule has 0 spiro atoms. The van der Waals surface area contributed by atoms with Gasteiger partial charge < -0.3 is 10.2 Å². The van der Waals surface area contributed by atoms with E-state index in [0.29, 0.717) is 17.9 Å². The fraction of sp³-hybridized carbons (Fsp3) is 0.294. The van der Waals surface area contributed by atoms with Gasteiger partial charge in [0.1, 0.15) is 0 Å². The molecule has 0 atom stereocenters. The number of aryl methyl sites for hydroxylation is 1. The van der Waals surface area contributed by atoms with E-state index < -0.39 is 0 Å². The average molecular weight is 304 g/mol. The molecule has 0 radical (unpaired) electrons. The predicted molar refractivity (Wildman–Crippen MR) is 84.6 cm³/mol. The Balaban J connectivity index is 2.21. The van der Waals surface area contributed by atoms with Crippen molar-refractivity contribution in [3.63, 3.8) is 0 Å². The Morgan fingerprint density at radius 3 is 1.95 bits per heavy atom. The zero-order valence-electron chi connectivity index (χ0n) is 12.4. The van der Waals surface area contributed by atoms with E-state index in [2.05, 4.69) is 13.8 Å². The number of aromatic nitrogens is 1. The summed E-state index contributed by atoms with van der Waals surface area (Å²) in [5, 5.41) is 21.7. The third kappa shape index (κ3) is 2.12.